The molecule has 1 heterocycles. The van der Waals surface area contributed by atoms with E-state index in [9.17, 15) is 0 Å². The normalized spacial score (nSPS) is 12.3. The van der Waals surface area contributed by atoms with E-state index in [1.165, 1.54) is 18.5 Å². The predicted octanol–water partition coefficient (Wildman–Crippen LogP) is 2.96. The third-order valence-electron chi connectivity index (χ3n) is 2.84. The molecule has 0 aliphatic rings. The minimum absolute atomic E-state index is 0.599. The van der Waals surface area contributed by atoms with E-state index in [-0.39, 0.29) is 0 Å². The molecule has 0 amide bonds. The number of nitrogens with one attached hydrogen (secondary N) is 1. The van der Waals surface area contributed by atoms with Gasteiger partial charge in [-0.15, -0.1) is 6.58 Å². The van der Waals surface area contributed by atoms with Gasteiger partial charge in [0.15, 0.2) is 0 Å². The summed E-state index contributed by atoms with van der Waals surface area (Å²) in [5.74, 6) is 0. The number of nitrogens with zero attached hydrogens (tertiary/aromatic N) is 1. The fourth-order valence-electron chi connectivity index (χ4n) is 1.81. The molecule has 2 nitrogen and oxygen atoms in total. The zero-order chi connectivity index (χ0) is 11.6. The molecule has 0 saturated carbocycles. The van der Waals surface area contributed by atoms with E-state index in [2.05, 4.69) is 29.0 Å². The highest BCUT2D eigenvalue weighted by atomic mass is 14.9. The number of aromatic nitrogens is 1. The summed E-state index contributed by atoms with van der Waals surface area (Å²) in [6.45, 7) is 3.75. The summed E-state index contributed by atoms with van der Waals surface area (Å²) in [6.07, 6.45) is 9.62. The summed E-state index contributed by atoms with van der Waals surface area (Å²) in [4.78, 5) is 4.34. The Morgan fingerprint density at radius 1 is 1.44 bits per heavy atom. The van der Waals surface area contributed by atoms with Gasteiger partial charge < -0.3 is 5.32 Å². The highest BCUT2D eigenvalue weighted by Crippen LogP contribution is 2.08. The molecule has 1 aromatic rings. The zero-order valence-corrected chi connectivity index (χ0v) is 10.2. The Labute approximate surface area is 98.8 Å². The fourth-order valence-corrected chi connectivity index (χ4v) is 1.81. The second-order valence-corrected chi connectivity index (χ2v) is 4.06. The largest absolute Gasteiger partial charge is 0.317 e. The second kappa shape index (κ2) is 8.05. The van der Waals surface area contributed by atoms with Crippen molar-refractivity contribution in [2.24, 2.45) is 0 Å². The van der Waals surface area contributed by atoms with Crippen molar-refractivity contribution < 1.29 is 0 Å². The van der Waals surface area contributed by atoms with Gasteiger partial charge in [0.2, 0.25) is 0 Å². The van der Waals surface area contributed by atoms with Gasteiger partial charge in [-0.2, -0.15) is 0 Å². The first-order valence-corrected chi connectivity index (χ1v) is 6.05. The molecule has 0 saturated heterocycles. The van der Waals surface area contributed by atoms with E-state index in [0.29, 0.717) is 6.04 Å². The van der Waals surface area contributed by atoms with Crippen molar-refractivity contribution >= 4 is 0 Å². The third-order valence-corrected chi connectivity index (χ3v) is 2.84. The molecule has 0 aromatic carbocycles. The van der Waals surface area contributed by atoms with Crippen molar-refractivity contribution in [1.82, 2.24) is 10.3 Å². The van der Waals surface area contributed by atoms with E-state index in [0.717, 1.165) is 19.3 Å². The lowest BCUT2D eigenvalue weighted by Gasteiger charge is -2.15. The summed E-state index contributed by atoms with van der Waals surface area (Å²) < 4.78 is 0. The Kier molecular flexibility index (Phi) is 6.50. The summed E-state index contributed by atoms with van der Waals surface area (Å²) in [7, 11) is 2.04. The highest BCUT2D eigenvalue weighted by Gasteiger charge is 2.05. The van der Waals surface area contributed by atoms with Crippen molar-refractivity contribution in [2.75, 3.05) is 7.05 Å². The average molecular weight is 218 g/mol. The molecule has 1 atom stereocenters. The number of rotatable bonds is 8. The van der Waals surface area contributed by atoms with Crippen LogP contribution in [0.3, 0.4) is 0 Å². The van der Waals surface area contributed by atoms with Crippen LogP contribution < -0.4 is 5.32 Å². The molecular formula is C14H22N2. The standard InChI is InChI=1S/C14H22N2/c1-3-4-5-8-13(15-2)10-11-14-9-6-7-12-16-14/h3,6-7,9,12-13,15H,1,4-5,8,10-11H2,2H3. The Balaban J connectivity index is 2.25. The molecule has 0 aliphatic heterocycles. The second-order valence-electron chi connectivity index (χ2n) is 4.06. The van der Waals surface area contributed by atoms with Crippen LogP contribution in [0, 0.1) is 0 Å². The molecule has 0 radical (unpaired) electrons. The van der Waals surface area contributed by atoms with Gasteiger partial charge in [-0.25, -0.2) is 0 Å². The van der Waals surface area contributed by atoms with Gasteiger partial charge in [0, 0.05) is 17.9 Å². The average Bonchev–Trinajstić information content (AvgIpc) is 2.35. The minimum Gasteiger partial charge on any atom is -0.317 e. The van der Waals surface area contributed by atoms with E-state index in [1.54, 1.807) is 0 Å². The first kappa shape index (κ1) is 12.9. The van der Waals surface area contributed by atoms with Gasteiger partial charge >= 0.3 is 0 Å². The van der Waals surface area contributed by atoms with Gasteiger partial charge in [0.05, 0.1) is 0 Å². The Hall–Kier alpha value is -1.15. The Morgan fingerprint density at radius 2 is 2.31 bits per heavy atom. The quantitative estimate of drug-likeness (QED) is 0.536. The molecule has 1 N–H and O–H groups in total. The maximum Gasteiger partial charge on any atom is 0.0404 e. The van der Waals surface area contributed by atoms with Crippen molar-refractivity contribution in [3.05, 3.63) is 42.7 Å². The fraction of sp³-hybridized carbons (Fsp3) is 0.500. The molecule has 88 valence electrons. The van der Waals surface area contributed by atoms with Crippen molar-refractivity contribution in [1.29, 1.82) is 0 Å². The molecule has 1 aromatic heterocycles. The van der Waals surface area contributed by atoms with E-state index in [4.69, 9.17) is 0 Å². The summed E-state index contributed by atoms with van der Waals surface area (Å²) in [5, 5.41) is 3.37. The van der Waals surface area contributed by atoms with Crippen LogP contribution in [0.15, 0.2) is 37.1 Å². The summed E-state index contributed by atoms with van der Waals surface area (Å²) in [5.41, 5.74) is 1.19. The molecule has 16 heavy (non-hydrogen) atoms. The number of hydrogen-bond acceptors (Lipinski definition) is 2. The first-order chi connectivity index (χ1) is 7.86. The van der Waals surface area contributed by atoms with Gasteiger partial charge in [-0.05, 0) is 51.3 Å². The molecule has 0 bridgehead atoms. The number of aryl methyl sites for hydroxylation is 1. The molecule has 0 fully saturated rings. The lowest BCUT2D eigenvalue weighted by atomic mass is 10.0. The smallest absolute Gasteiger partial charge is 0.0404 e. The van der Waals surface area contributed by atoms with Gasteiger partial charge in [0.1, 0.15) is 0 Å². The van der Waals surface area contributed by atoms with Crippen LogP contribution in [-0.4, -0.2) is 18.1 Å². The predicted molar refractivity (Wildman–Crippen MR) is 69.5 cm³/mol. The van der Waals surface area contributed by atoms with Crippen LogP contribution in [0.25, 0.3) is 0 Å². The molecule has 0 aliphatic carbocycles. The van der Waals surface area contributed by atoms with Crippen LogP contribution in [0.4, 0.5) is 0 Å². The van der Waals surface area contributed by atoms with E-state index in [1.807, 2.05) is 25.4 Å². The van der Waals surface area contributed by atoms with Crippen LogP contribution in [0.5, 0.6) is 0 Å². The minimum atomic E-state index is 0.599. The summed E-state index contributed by atoms with van der Waals surface area (Å²) >= 11 is 0. The maximum absolute atomic E-state index is 4.34. The lowest BCUT2D eigenvalue weighted by Crippen LogP contribution is -2.25. The van der Waals surface area contributed by atoms with Crippen LogP contribution >= 0.6 is 0 Å². The summed E-state index contributed by atoms with van der Waals surface area (Å²) in [6, 6.07) is 6.70. The number of unbranched alkanes of at least 4 members (excludes halogenated alkanes) is 1. The third kappa shape index (κ3) is 5.08. The van der Waals surface area contributed by atoms with Crippen LogP contribution in [0.2, 0.25) is 0 Å². The van der Waals surface area contributed by atoms with Gasteiger partial charge in [0.25, 0.3) is 0 Å². The Bertz CT molecular complexity index is 282. The molecule has 1 rings (SSSR count). The van der Waals surface area contributed by atoms with E-state index >= 15 is 0 Å². The van der Waals surface area contributed by atoms with Crippen molar-refractivity contribution in [3.8, 4) is 0 Å². The number of pyridine rings is 1. The first-order valence-electron chi connectivity index (χ1n) is 6.05. The zero-order valence-electron chi connectivity index (χ0n) is 10.2. The van der Waals surface area contributed by atoms with Crippen LogP contribution in [-0.2, 0) is 6.42 Å². The van der Waals surface area contributed by atoms with Crippen LogP contribution in [0.1, 0.15) is 31.4 Å². The van der Waals surface area contributed by atoms with Gasteiger partial charge in [-0.1, -0.05) is 12.1 Å². The molecule has 2 heteroatoms. The number of allylic oxidation sites excluding steroid dienone is 1. The SMILES string of the molecule is C=CCCCC(CCc1ccccn1)NC. The molecular weight excluding hydrogens is 196 g/mol. The lowest BCUT2D eigenvalue weighted by molar-refractivity contribution is 0.474. The van der Waals surface area contributed by atoms with Gasteiger partial charge in [-0.3, -0.25) is 4.98 Å². The molecule has 0 spiro atoms. The van der Waals surface area contributed by atoms with E-state index < -0.39 is 0 Å². The number of hydrogen-bond donors (Lipinski definition) is 1. The Morgan fingerprint density at radius 3 is 2.94 bits per heavy atom. The maximum atomic E-state index is 4.34. The van der Waals surface area contributed by atoms with Crippen molar-refractivity contribution in [2.45, 2.75) is 38.1 Å². The topological polar surface area (TPSA) is 24.9 Å². The monoisotopic (exact) mass is 218 g/mol. The highest BCUT2D eigenvalue weighted by molar-refractivity contribution is 5.03. The molecule has 1 unspecified atom stereocenters. The van der Waals surface area contributed by atoms with Crippen molar-refractivity contribution in [3.63, 3.8) is 0 Å².